The largest absolute Gasteiger partial charge is 0.431 e. The van der Waals surface area contributed by atoms with E-state index in [1.807, 2.05) is 4.72 Å². The Hall–Kier alpha value is -1.79. The summed E-state index contributed by atoms with van der Waals surface area (Å²) in [5.74, 6) is -17.6. The summed E-state index contributed by atoms with van der Waals surface area (Å²) in [6, 6.07) is 0. The Morgan fingerprint density at radius 3 is 0.957 bits per heavy atom. The fraction of sp³-hybridized carbons (Fsp3) is 1.00. The predicted molar refractivity (Wildman–Crippen MR) is 195 cm³/mol. The summed E-state index contributed by atoms with van der Waals surface area (Å²) < 4.78 is 381. The average molecular weight is 1150 g/mol. The first-order chi connectivity index (χ1) is 30.0. The second kappa shape index (κ2) is 26.4. The molecule has 0 rings (SSSR count). The van der Waals surface area contributed by atoms with Gasteiger partial charge >= 0.3 is 49.4 Å². The van der Waals surface area contributed by atoms with Gasteiger partial charge in [0.25, 0.3) is 11.3 Å². The smallest absolute Gasteiger partial charge is 0.330 e. The molecule has 420 valence electrons. The van der Waals surface area contributed by atoms with Crippen molar-refractivity contribution in [3.8, 4) is 0 Å². The zero-order chi connectivity index (χ0) is 56.1. The third-order valence-corrected chi connectivity index (χ3v) is 11.8. The van der Waals surface area contributed by atoms with Gasteiger partial charge in [0.2, 0.25) is 19.1 Å². The van der Waals surface area contributed by atoms with Crippen LogP contribution in [0.15, 0.2) is 0 Å². The van der Waals surface area contributed by atoms with Crippen molar-refractivity contribution >= 4 is 29.8 Å². The summed E-state index contributed by atoms with van der Waals surface area (Å²) in [7, 11) is 2.82. The van der Waals surface area contributed by atoms with E-state index in [-0.39, 0.29) is 13.0 Å². The molecule has 0 amide bonds. The van der Waals surface area contributed by atoms with Crippen LogP contribution >= 0.6 is 10.7 Å². The molecule has 4 unspecified atom stereocenters. The van der Waals surface area contributed by atoms with Crippen molar-refractivity contribution in [1.82, 2.24) is 14.5 Å². The molecule has 8 nitrogen and oxygen atoms in total. The van der Waals surface area contributed by atoms with Gasteiger partial charge in [-0.05, 0) is 86.3 Å². The highest BCUT2D eigenvalue weighted by Gasteiger charge is 2.75. The van der Waals surface area contributed by atoms with Gasteiger partial charge in [-0.25, -0.2) is 30.3 Å². The third-order valence-electron chi connectivity index (χ3n) is 9.20. The number of rotatable bonds is 22. The molecule has 0 spiro atoms. The first kappa shape index (κ1) is 71.5. The zero-order valence-corrected chi connectivity index (χ0v) is 38.2. The average Bonchev–Trinajstić information content (AvgIpc) is 3.07. The van der Waals surface area contributed by atoms with Crippen LogP contribution in [-0.4, -0.2) is 153 Å². The molecule has 4 atom stereocenters. The molecule has 0 fully saturated rings. The van der Waals surface area contributed by atoms with Gasteiger partial charge in [-0.15, -0.1) is 0 Å². The van der Waals surface area contributed by atoms with Gasteiger partial charge in [-0.1, -0.05) is 0 Å². The number of nitrogens with two attached hydrogens (primary N) is 1. The number of nitrogens with zero attached hydrogens (tertiary/aromatic N) is 2. The van der Waals surface area contributed by atoms with Crippen molar-refractivity contribution in [3.63, 3.8) is 0 Å². The minimum Gasteiger partial charge on any atom is -0.330 e. The second-order valence-electron chi connectivity index (χ2n) is 15.6. The van der Waals surface area contributed by atoms with E-state index in [1.165, 1.54) is 0 Å². The summed E-state index contributed by atoms with van der Waals surface area (Å²) >= 11 is 0. The molecule has 0 aliphatic carbocycles. The Morgan fingerprint density at radius 2 is 0.739 bits per heavy atom. The van der Waals surface area contributed by atoms with E-state index in [2.05, 4.69) is 29.7 Å². The Bertz CT molecular complexity index is 1670. The molecule has 0 aromatic carbocycles. The van der Waals surface area contributed by atoms with Crippen molar-refractivity contribution in [2.75, 3.05) is 65.9 Å². The quantitative estimate of drug-likeness (QED) is 0.0631. The maximum atomic E-state index is 13.8. The van der Waals surface area contributed by atoms with Crippen LogP contribution in [0.4, 0.5) is 114 Å². The summed E-state index contributed by atoms with van der Waals surface area (Å²) in [4.78, 5) is 3.77. The van der Waals surface area contributed by atoms with Crippen LogP contribution in [0.25, 0.3) is 0 Å². The van der Waals surface area contributed by atoms with Gasteiger partial charge in [-0.3, -0.25) is 0 Å². The highest BCUT2D eigenvalue weighted by Crippen LogP contribution is 2.55. The van der Waals surface area contributed by atoms with Gasteiger partial charge in [-0.2, -0.15) is 105 Å². The molecule has 0 bridgehead atoms. The predicted octanol–water partition coefficient (Wildman–Crippen LogP) is 11.0. The molecule has 3 N–H and O–H groups in total. The maximum absolute atomic E-state index is 13.8. The van der Waals surface area contributed by atoms with Gasteiger partial charge in [0, 0.05) is 30.1 Å². The Kier molecular flexibility index (Phi) is 27.4. The maximum Gasteiger partial charge on any atom is 0.431 e. The monoisotopic (exact) mass is 1140 g/mol. The summed E-state index contributed by atoms with van der Waals surface area (Å²) in [6.45, 7) is 2.03. The zero-order valence-electron chi connectivity index (χ0n) is 35.8. The van der Waals surface area contributed by atoms with Crippen LogP contribution in [0.3, 0.4) is 0 Å². The highest BCUT2D eigenvalue weighted by atomic mass is 35.7. The molecule has 69 heavy (non-hydrogen) atoms. The minimum absolute atomic E-state index is 0.207. The van der Waals surface area contributed by atoms with E-state index in [0.29, 0.717) is 6.54 Å². The van der Waals surface area contributed by atoms with Crippen LogP contribution < -0.4 is 10.5 Å². The van der Waals surface area contributed by atoms with Crippen molar-refractivity contribution in [2.45, 2.75) is 112 Å². The minimum atomic E-state index is -6.90. The number of hydrogen-bond donors (Lipinski definition) is 2. The molecule has 0 saturated heterocycles. The molecule has 0 saturated carbocycles. The Balaban J connectivity index is -0.00000112. The van der Waals surface area contributed by atoms with Crippen LogP contribution in [0, 0.1) is 23.7 Å². The Morgan fingerprint density at radius 1 is 0.464 bits per heavy atom. The lowest BCUT2D eigenvalue weighted by Crippen LogP contribution is -2.55. The van der Waals surface area contributed by atoms with Gasteiger partial charge < -0.3 is 15.5 Å². The SMILES string of the molecule is CN(C)CCCN.CN(C)CCCNS(=O)(=O)CCC(CC(CC(F)(C(F)(F)F)C(F)(F)F)C(F)(F)F)C(F)(F)F.O=S(=O)(Cl)CCC(CC(CC(F)(C(F)(F)F)C(F)(F)F)C(F)(F)F)C(F)(F)F. The van der Waals surface area contributed by atoms with E-state index < -0.39 is 154 Å². The molecule has 37 heteroatoms. The molecule has 0 aromatic rings. The number of alkyl halides is 26. The molecule has 0 aromatic heterocycles. The van der Waals surface area contributed by atoms with Crippen LogP contribution in [-0.2, 0) is 19.1 Å². The number of halogens is 27. The van der Waals surface area contributed by atoms with Crippen LogP contribution in [0.1, 0.15) is 51.4 Å². The first-order valence-electron chi connectivity index (χ1n) is 18.8. The lowest BCUT2D eigenvalue weighted by Gasteiger charge is -2.35. The first-order valence-corrected chi connectivity index (χ1v) is 23.0. The summed E-state index contributed by atoms with van der Waals surface area (Å²) in [5.41, 5.74) is -7.62. The number of sulfonamides is 1. The lowest BCUT2D eigenvalue weighted by molar-refractivity contribution is -0.354. The summed E-state index contributed by atoms with van der Waals surface area (Å²) in [5, 5.41) is 0. The normalized spacial score (nSPS) is 16.4. The lowest BCUT2D eigenvalue weighted by atomic mass is 9.83. The van der Waals surface area contributed by atoms with Crippen molar-refractivity contribution in [1.29, 1.82) is 0 Å². The molecule has 0 aliphatic heterocycles. The number of hydrogen-bond acceptors (Lipinski definition) is 7. The van der Waals surface area contributed by atoms with Crippen molar-refractivity contribution in [3.05, 3.63) is 0 Å². The van der Waals surface area contributed by atoms with E-state index in [1.54, 1.807) is 19.0 Å². The Labute approximate surface area is 382 Å². The summed E-state index contributed by atoms with van der Waals surface area (Å²) in [6.07, 6.45) is -64.7. The topological polar surface area (TPSA) is 113 Å². The molecular formula is C32H47ClF26N4O4S2. The molecule has 0 aliphatic rings. The highest BCUT2D eigenvalue weighted by molar-refractivity contribution is 8.13. The molecular weight excluding hydrogens is 1100 g/mol. The van der Waals surface area contributed by atoms with E-state index in [4.69, 9.17) is 5.73 Å². The third kappa shape index (κ3) is 27.2. The van der Waals surface area contributed by atoms with E-state index in [0.717, 1.165) is 19.5 Å². The van der Waals surface area contributed by atoms with Gasteiger partial charge in [0.1, 0.15) is 0 Å². The van der Waals surface area contributed by atoms with E-state index >= 15 is 0 Å². The van der Waals surface area contributed by atoms with E-state index in [9.17, 15) is 131 Å². The van der Waals surface area contributed by atoms with Gasteiger partial charge in [0.15, 0.2) is 0 Å². The molecule has 0 radical (unpaired) electrons. The van der Waals surface area contributed by atoms with Crippen molar-refractivity contribution < 1.29 is 131 Å². The van der Waals surface area contributed by atoms with Crippen LogP contribution in [0.5, 0.6) is 0 Å². The second-order valence-corrected chi connectivity index (χ2v) is 20.4. The van der Waals surface area contributed by atoms with Crippen LogP contribution in [0.2, 0.25) is 0 Å². The fourth-order valence-corrected chi connectivity index (χ4v) is 7.36. The van der Waals surface area contributed by atoms with Gasteiger partial charge in [0.05, 0.1) is 35.2 Å². The molecule has 0 heterocycles. The number of nitrogens with one attached hydrogen (secondary N) is 1. The van der Waals surface area contributed by atoms with Crippen molar-refractivity contribution in [2.24, 2.45) is 29.4 Å². The fourth-order valence-electron chi connectivity index (χ4n) is 5.33. The standard InChI is InChI=1S/C16H23F13N2O2S.C11H10ClF13O2S.C5H14N2/c1-31(2)6-3-5-30-34(32,33)7-4-10(13(18,19)20)8-11(14(21,22)23)9-12(17,15(24,25)26)16(27,28)29;12-28(26,27)2-1-5(8(14,15)16)3-6(9(17,18)19)4-7(13,10(20,21)22)11(23,24)25;1-7(2)5-3-4-6/h10-11,30H,3-9H2,1-2H3;5-6H,1-4H2;3-6H2,1-2H3.